The highest BCUT2D eigenvalue weighted by molar-refractivity contribution is 5.96. The second-order valence-corrected chi connectivity index (χ2v) is 8.64. The lowest BCUT2D eigenvalue weighted by molar-refractivity contribution is 0.407. The van der Waals surface area contributed by atoms with Gasteiger partial charge in [-0.15, -0.1) is 0 Å². The SMILES string of the molecule is Cc1ccc2oc(C3CCN(c4c(C#N)c(=O)n(C)c5cc(O)c(C)cc45)CC3)nc2c1. The molecule has 4 aromatic rings. The Morgan fingerprint density at radius 3 is 2.66 bits per heavy atom. The highest BCUT2D eigenvalue weighted by Crippen LogP contribution is 2.37. The summed E-state index contributed by atoms with van der Waals surface area (Å²) in [5, 5.41) is 20.8. The molecule has 162 valence electrons. The second-order valence-electron chi connectivity index (χ2n) is 8.64. The summed E-state index contributed by atoms with van der Waals surface area (Å²) in [7, 11) is 1.63. The molecule has 32 heavy (non-hydrogen) atoms. The van der Waals surface area contributed by atoms with Crippen molar-refractivity contribution in [2.45, 2.75) is 32.6 Å². The van der Waals surface area contributed by atoms with Gasteiger partial charge in [0.15, 0.2) is 11.5 Å². The highest BCUT2D eigenvalue weighted by Gasteiger charge is 2.28. The molecule has 1 fully saturated rings. The van der Waals surface area contributed by atoms with Crippen LogP contribution in [0.4, 0.5) is 5.69 Å². The molecular weight excluding hydrogens is 404 g/mol. The van der Waals surface area contributed by atoms with E-state index in [2.05, 4.69) is 11.0 Å². The first-order valence-corrected chi connectivity index (χ1v) is 10.8. The largest absolute Gasteiger partial charge is 0.508 e. The summed E-state index contributed by atoms with van der Waals surface area (Å²) in [6, 6.07) is 11.6. The molecule has 1 saturated heterocycles. The van der Waals surface area contributed by atoms with Crippen LogP contribution in [0, 0.1) is 25.2 Å². The van der Waals surface area contributed by atoms with Gasteiger partial charge in [-0.2, -0.15) is 5.26 Å². The van der Waals surface area contributed by atoms with E-state index in [0.29, 0.717) is 29.9 Å². The number of pyridine rings is 1. The quantitative estimate of drug-likeness (QED) is 0.513. The van der Waals surface area contributed by atoms with Crippen molar-refractivity contribution in [1.29, 1.82) is 5.26 Å². The zero-order valence-electron chi connectivity index (χ0n) is 18.3. The molecule has 0 saturated carbocycles. The molecule has 2 aromatic heterocycles. The van der Waals surface area contributed by atoms with E-state index in [4.69, 9.17) is 9.40 Å². The van der Waals surface area contributed by atoms with Crippen LogP contribution in [0.3, 0.4) is 0 Å². The molecule has 7 heteroatoms. The van der Waals surface area contributed by atoms with Crippen molar-refractivity contribution in [2.75, 3.05) is 18.0 Å². The smallest absolute Gasteiger partial charge is 0.270 e. The maximum Gasteiger partial charge on any atom is 0.270 e. The topological polar surface area (TPSA) is 95.3 Å². The molecule has 1 aliphatic rings. The van der Waals surface area contributed by atoms with Gasteiger partial charge in [0.2, 0.25) is 0 Å². The first-order chi connectivity index (χ1) is 15.4. The summed E-state index contributed by atoms with van der Waals surface area (Å²) in [6.45, 7) is 5.21. The molecule has 5 rings (SSSR count). The number of phenols is 1. The Bertz CT molecular complexity index is 1470. The Labute approximate surface area is 185 Å². The highest BCUT2D eigenvalue weighted by atomic mass is 16.3. The van der Waals surface area contributed by atoms with Crippen LogP contribution in [0.2, 0.25) is 0 Å². The number of anilines is 1. The van der Waals surface area contributed by atoms with E-state index in [9.17, 15) is 15.2 Å². The summed E-state index contributed by atoms with van der Waals surface area (Å²) in [6.07, 6.45) is 1.62. The molecule has 3 heterocycles. The van der Waals surface area contributed by atoms with Crippen LogP contribution in [0.5, 0.6) is 5.75 Å². The predicted octanol–water partition coefficient (Wildman–Crippen LogP) is 4.26. The van der Waals surface area contributed by atoms with E-state index in [1.807, 2.05) is 38.1 Å². The Hall–Kier alpha value is -3.79. The van der Waals surface area contributed by atoms with Crippen LogP contribution >= 0.6 is 0 Å². The fourth-order valence-electron chi connectivity index (χ4n) is 4.67. The molecule has 2 aromatic carbocycles. The van der Waals surface area contributed by atoms with E-state index in [0.717, 1.165) is 40.8 Å². The average molecular weight is 428 g/mol. The maximum absolute atomic E-state index is 12.9. The normalized spacial score (nSPS) is 14.9. The number of nitrogens with zero attached hydrogens (tertiary/aromatic N) is 4. The first-order valence-electron chi connectivity index (χ1n) is 10.8. The number of nitriles is 1. The van der Waals surface area contributed by atoms with Gasteiger partial charge in [-0.1, -0.05) is 6.07 Å². The Morgan fingerprint density at radius 2 is 1.94 bits per heavy atom. The maximum atomic E-state index is 12.9. The van der Waals surface area contributed by atoms with Crippen molar-refractivity contribution in [1.82, 2.24) is 9.55 Å². The van der Waals surface area contributed by atoms with Gasteiger partial charge in [-0.3, -0.25) is 4.79 Å². The molecule has 1 aliphatic heterocycles. The average Bonchev–Trinajstić information content (AvgIpc) is 3.21. The zero-order valence-corrected chi connectivity index (χ0v) is 18.3. The number of hydrogen-bond donors (Lipinski definition) is 1. The lowest BCUT2D eigenvalue weighted by Crippen LogP contribution is -2.35. The summed E-state index contributed by atoms with van der Waals surface area (Å²) >= 11 is 0. The molecule has 0 spiro atoms. The van der Waals surface area contributed by atoms with Crippen molar-refractivity contribution >= 4 is 27.7 Å². The number of rotatable bonds is 2. The fourth-order valence-corrected chi connectivity index (χ4v) is 4.67. The summed E-state index contributed by atoms with van der Waals surface area (Å²) in [4.78, 5) is 19.7. The number of phenolic OH excluding ortho intramolecular Hbond substituents is 1. The van der Waals surface area contributed by atoms with Crippen LogP contribution < -0.4 is 10.5 Å². The van der Waals surface area contributed by atoms with Crippen LogP contribution in [0.15, 0.2) is 39.5 Å². The number of piperidine rings is 1. The Morgan fingerprint density at radius 1 is 1.19 bits per heavy atom. The molecule has 0 unspecified atom stereocenters. The summed E-state index contributed by atoms with van der Waals surface area (Å²) in [5.74, 6) is 1.07. The van der Waals surface area contributed by atoms with Crippen LogP contribution in [-0.4, -0.2) is 27.7 Å². The molecule has 0 amide bonds. The third-order valence-corrected chi connectivity index (χ3v) is 6.52. The molecule has 0 radical (unpaired) electrons. The van der Waals surface area contributed by atoms with Gasteiger partial charge in [0.05, 0.1) is 11.2 Å². The first kappa shape index (κ1) is 20.1. The number of aromatic hydroxyl groups is 1. The zero-order chi connectivity index (χ0) is 22.6. The summed E-state index contributed by atoms with van der Waals surface area (Å²) in [5.41, 5.74) is 4.59. The summed E-state index contributed by atoms with van der Waals surface area (Å²) < 4.78 is 7.45. The predicted molar refractivity (Wildman–Crippen MR) is 123 cm³/mol. The van der Waals surface area contributed by atoms with Crippen molar-refractivity contribution in [3.63, 3.8) is 0 Å². The van der Waals surface area contributed by atoms with E-state index >= 15 is 0 Å². The van der Waals surface area contributed by atoms with Gasteiger partial charge in [0.25, 0.3) is 5.56 Å². The lowest BCUT2D eigenvalue weighted by atomic mass is 9.95. The van der Waals surface area contributed by atoms with Gasteiger partial charge >= 0.3 is 0 Å². The van der Waals surface area contributed by atoms with Crippen molar-refractivity contribution in [2.24, 2.45) is 7.05 Å². The van der Waals surface area contributed by atoms with Gasteiger partial charge in [0.1, 0.15) is 22.9 Å². The number of hydrogen-bond acceptors (Lipinski definition) is 6. The Kier molecular flexibility index (Phi) is 4.66. The third-order valence-electron chi connectivity index (χ3n) is 6.52. The fraction of sp³-hybridized carbons (Fsp3) is 0.320. The number of aryl methyl sites for hydroxylation is 3. The standard InChI is InChI=1S/C25H24N4O3/c1-14-4-5-22-19(10-14)27-24(32-22)16-6-8-29(9-7-16)23-17-11-15(2)21(30)12-20(17)28(3)25(31)18(23)13-26/h4-5,10-12,16,30H,6-9H2,1-3H3. The molecule has 0 atom stereocenters. The lowest BCUT2D eigenvalue weighted by Gasteiger charge is -2.34. The molecule has 0 aliphatic carbocycles. The van der Waals surface area contributed by atoms with Crippen LogP contribution in [0.1, 0.15) is 41.3 Å². The van der Waals surface area contributed by atoms with E-state index in [-0.39, 0.29) is 22.8 Å². The molecule has 1 N–H and O–H groups in total. The van der Waals surface area contributed by atoms with E-state index < -0.39 is 0 Å². The van der Waals surface area contributed by atoms with Gasteiger partial charge in [-0.25, -0.2) is 4.98 Å². The van der Waals surface area contributed by atoms with Crippen LogP contribution in [-0.2, 0) is 7.05 Å². The molecular formula is C25H24N4O3. The third kappa shape index (κ3) is 3.11. The number of oxazole rings is 1. The minimum atomic E-state index is -0.352. The number of fused-ring (bicyclic) bond motifs is 2. The van der Waals surface area contributed by atoms with Crippen molar-refractivity contribution in [3.8, 4) is 11.8 Å². The second kappa shape index (κ2) is 7.41. The number of aromatic nitrogens is 2. The monoisotopic (exact) mass is 428 g/mol. The van der Waals surface area contributed by atoms with E-state index in [1.165, 1.54) is 4.57 Å². The minimum Gasteiger partial charge on any atom is -0.508 e. The van der Waals surface area contributed by atoms with Crippen molar-refractivity contribution < 1.29 is 9.52 Å². The number of benzene rings is 2. The molecule has 0 bridgehead atoms. The van der Waals surface area contributed by atoms with Gasteiger partial charge < -0.3 is 19.0 Å². The van der Waals surface area contributed by atoms with Crippen LogP contribution in [0.25, 0.3) is 22.0 Å². The van der Waals surface area contributed by atoms with Gasteiger partial charge in [0, 0.05) is 37.5 Å². The Balaban J connectivity index is 1.52. The van der Waals surface area contributed by atoms with Gasteiger partial charge in [-0.05, 0) is 56.0 Å². The molecule has 7 nitrogen and oxygen atoms in total. The minimum absolute atomic E-state index is 0.132. The van der Waals surface area contributed by atoms with Crippen molar-refractivity contribution in [3.05, 3.63) is 63.3 Å². The van der Waals surface area contributed by atoms with E-state index in [1.54, 1.807) is 13.1 Å².